The largest absolute Gasteiger partial charge is 0.489 e. The van der Waals surface area contributed by atoms with E-state index in [1.165, 1.54) is 0 Å². The van der Waals surface area contributed by atoms with E-state index in [4.69, 9.17) is 22.9 Å². The molecule has 5 amide bonds. The van der Waals surface area contributed by atoms with Crippen LogP contribution in [-0.2, 0) is 16.1 Å². The Balaban J connectivity index is 0.777. The van der Waals surface area contributed by atoms with Crippen molar-refractivity contribution in [3.05, 3.63) is 98.9 Å². The molecule has 0 spiro atoms. The predicted octanol–water partition coefficient (Wildman–Crippen LogP) is 6.08. The molecule has 1 saturated carbocycles. The highest BCUT2D eigenvalue weighted by molar-refractivity contribution is 6.33. The zero-order chi connectivity index (χ0) is 41.5. The van der Waals surface area contributed by atoms with E-state index in [2.05, 4.69) is 65.6 Å². The molecule has 12 nitrogen and oxygen atoms in total. The summed E-state index contributed by atoms with van der Waals surface area (Å²) in [5, 5.41) is 2.60. The normalized spacial score (nSPS) is 25.1. The Bertz CT molecular complexity index is 2430. The summed E-state index contributed by atoms with van der Waals surface area (Å²) in [6.07, 6.45) is 1.98. The van der Waals surface area contributed by atoms with Gasteiger partial charge >= 0.3 is 0 Å². The summed E-state index contributed by atoms with van der Waals surface area (Å²) in [4.78, 5) is 75.4. The third-order valence-corrected chi connectivity index (χ3v) is 13.7. The SMILES string of the molecule is [C-]#[N+]c1ccc(OC2C(C)(C)C(N3Cc4cc(C#CC5CCN(C6CN(c7ccc8c(c7)C(=O)N(C7CCC(=O)NC7=O)C8=O)C6)CC5)ccc4C3=O)C2(C)C)cc1Cl. The van der Waals surface area contributed by atoms with Crippen LogP contribution in [0.5, 0.6) is 5.75 Å². The second-order valence-electron chi connectivity index (χ2n) is 17.9. The summed E-state index contributed by atoms with van der Waals surface area (Å²) in [6.45, 7) is 19.9. The summed E-state index contributed by atoms with van der Waals surface area (Å²) in [5.74, 6) is 5.87. The molecular weight excluding hydrogens is 768 g/mol. The molecule has 6 aliphatic rings. The second-order valence-corrected chi connectivity index (χ2v) is 18.3. The Morgan fingerprint density at radius 1 is 0.847 bits per heavy atom. The first kappa shape index (κ1) is 38.8. The van der Waals surface area contributed by atoms with Crippen molar-refractivity contribution < 1.29 is 28.7 Å². The average molecular weight is 813 g/mol. The van der Waals surface area contributed by atoms with Crippen LogP contribution in [0.1, 0.15) is 95.6 Å². The van der Waals surface area contributed by atoms with Crippen LogP contribution in [-0.4, -0.2) is 94.6 Å². The number of hydrogen-bond acceptors (Lipinski definition) is 8. The molecule has 5 aliphatic heterocycles. The Hall–Kier alpha value is -5.69. The Morgan fingerprint density at radius 3 is 2.25 bits per heavy atom. The van der Waals surface area contributed by atoms with Crippen molar-refractivity contribution in [3.8, 4) is 17.6 Å². The van der Waals surface area contributed by atoms with E-state index in [0.717, 1.165) is 66.3 Å². The lowest BCUT2D eigenvalue weighted by Gasteiger charge is -2.65. The first-order valence-electron chi connectivity index (χ1n) is 20.3. The number of ether oxygens (including phenoxy) is 1. The van der Waals surface area contributed by atoms with Crippen LogP contribution >= 0.6 is 11.6 Å². The number of amides is 5. The highest BCUT2D eigenvalue weighted by Gasteiger charge is 2.67. The number of hydrogen-bond donors (Lipinski definition) is 1. The number of benzene rings is 3. The van der Waals surface area contributed by atoms with Crippen LogP contribution in [0.4, 0.5) is 11.4 Å². The molecular formula is C46H45ClN6O6. The molecule has 1 unspecified atom stereocenters. The van der Waals surface area contributed by atoms with Gasteiger partial charge in [-0.15, -0.1) is 0 Å². The Morgan fingerprint density at radius 2 is 1.56 bits per heavy atom. The molecule has 1 N–H and O–H groups in total. The minimum absolute atomic E-state index is 0.0340. The summed E-state index contributed by atoms with van der Waals surface area (Å²) >= 11 is 6.30. The summed E-state index contributed by atoms with van der Waals surface area (Å²) in [5.41, 5.74) is 3.80. The number of likely N-dealkylation sites (tertiary alicyclic amines) is 1. The summed E-state index contributed by atoms with van der Waals surface area (Å²) in [7, 11) is 0. The molecule has 5 heterocycles. The maximum absolute atomic E-state index is 13.8. The Kier molecular flexibility index (Phi) is 9.37. The molecule has 302 valence electrons. The Labute approximate surface area is 348 Å². The van der Waals surface area contributed by atoms with Crippen LogP contribution < -0.4 is 15.0 Å². The number of halogens is 1. The van der Waals surface area contributed by atoms with E-state index in [1.54, 1.807) is 30.3 Å². The van der Waals surface area contributed by atoms with Gasteiger partial charge in [-0.3, -0.25) is 39.1 Å². The molecule has 0 radical (unpaired) electrons. The van der Waals surface area contributed by atoms with Crippen LogP contribution in [0.25, 0.3) is 4.85 Å². The lowest BCUT2D eigenvalue weighted by Crippen LogP contribution is -2.74. The minimum Gasteiger partial charge on any atom is -0.489 e. The van der Waals surface area contributed by atoms with Crippen molar-refractivity contribution >= 4 is 52.5 Å². The molecule has 3 aromatic carbocycles. The van der Waals surface area contributed by atoms with Gasteiger partial charge in [-0.25, -0.2) is 4.85 Å². The number of nitrogens with zero attached hydrogens (tertiary/aromatic N) is 5. The minimum atomic E-state index is -0.979. The smallest absolute Gasteiger partial charge is 0.262 e. The van der Waals surface area contributed by atoms with Gasteiger partial charge in [0.25, 0.3) is 17.7 Å². The van der Waals surface area contributed by atoms with E-state index in [0.29, 0.717) is 34.6 Å². The number of imide groups is 2. The number of nitrogens with one attached hydrogen (secondary N) is 1. The molecule has 0 aromatic heterocycles. The monoisotopic (exact) mass is 812 g/mol. The fourth-order valence-corrected chi connectivity index (χ4v) is 11.0. The predicted molar refractivity (Wildman–Crippen MR) is 220 cm³/mol. The van der Waals surface area contributed by atoms with Gasteiger partial charge in [0.05, 0.1) is 22.7 Å². The van der Waals surface area contributed by atoms with E-state index >= 15 is 0 Å². The molecule has 59 heavy (non-hydrogen) atoms. The van der Waals surface area contributed by atoms with Gasteiger partial charge in [0.15, 0.2) is 0 Å². The average Bonchev–Trinajstić information content (AvgIpc) is 3.62. The zero-order valence-electron chi connectivity index (χ0n) is 33.5. The first-order chi connectivity index (χ1) is 28.1. The topological polar surface area (TPSA) is 124 Å². The van der Waals surface area contributed by atoms with Gasteiger partial charge in [0.2, 0.25) is 17.5 Å². The second kappa shape index (κ2) is 14.2. The lowest BCUT2D eigenvalue weighted by molar-refractivity contribution is -0.199. The highest BCUT2D eigenvalue weighted by Crippen LogP contribution is 2.59. The fraction of sp³-hybridized carbons (Fsp3) is 0.435. The molecule has 1 aliphatic carbocycles. The highest BCUT2D eigenvalue weighted by atomic mass is 35.5. The first-order valence-corrected chi connectivity index (χ1v) is 20.7. The molecule has 1 atom stereocenters. The molecule has 3 saturated heterocycles. The maximum Gasteiger partial charge on any atom is 0.262 e. The number of carbonyl (C=O) groups is 5. The van der Waals surface area contributed by atoms with Crippen molar-refractivity contribution in [3.63, 3.8) is 0 Å². The standard InChI is InChI=1S/C46H45ClN6O6/c1-45(2)43(46(3,4)44(45)59-31-10-13-36(48-5)35(47)22-31)52-23-28-20-27(8-11-32(28)40(52)56)7-6-26-16-18-50(19-17-26)30-24-51(25-30)29-9-12-33-34(21-29)42(58)53(41(33)57)37-14-15-38(54)49-39(37)55/h8-13,20-22,26,30,37,43-44H,14-19,23-25H2,1-4H3,(H,49,54,55). The van der Waals surface area contributed by atoms with Gasteiger partial charge in [0, 0.05) is 71.7 Å². The molecule has 13 heteroatoms. The van der Waals surface area contributed by atoms with Crippen molar-refractivity contribution in [2.24, 2.45) is 16.7 Å². The number of anilines is 1. The van der Waals surface area contributed by atoms with E-state index in [-0.39, 0.29) is 53.2 Å². The van der Waals surface area contributed by atoms with Crippen LogP contribution in [0.15, 0.2) is 54.6 Å². The molecule has 0 bridgehead atoms. The number of fused-ring (bicyclic) bond motifs is 2. The molecule has 4 fully saturated rings. The van der Waals surface area contributed by atoms with Gasteiger partial charge in [0.1, 0.15) is 17.9 Å². The number of carbonyl (C=O) groups excluding carboxylic acids is 5. The van der Waals surface area contributed by atoms with Gasteiger partial charge in [-0.1, -0.05) is 57.2 Å². The van der Waals surface area contributed by atoms with E-state index < -0.39 is 29.7 Å². The van der Waals surface area contributed by atoms with Crippen molar-refractivity contribution in [2.45, 2.75) is 84.2 Å². The maximum atomic E-state index is 13.8. The third-order valence-electron chi connectivity index (χ3n) is 13.4. The van der Waals surface area contributed by atoms with Gasteiger partial charge < -0.3 is 14.5 Å². The summed E-state index contributed by atoms with van der Waals surface area (Å²) in [6, 6.07) is 15.7. The van der Waals surface area contributed by atoms with Gasteiger partial charge in [-0.05, 0) is 86.4 Å². The quantitative estimate of drug-likeness (QED) is 0.181. The van der Waals surface area contributed by atoms with E-state index in [1.807, 2.05) is 23.1 Å². The molecule has 3 aromatic rings. The van der Waals surface area contributed by atoms with Crippen LogP contribution in [0.2, 0.25) is 5.02 Å². The van der Waals surface area contributed by atoms with Crippen molar-refractivity contribution in [2.75, 3.05) is 31.1 Å². The number of piperidine rings is 2. The lowest BCUT2D eigenvalue weighted by atomic mass is 9.49. The van der Waals surface area contributed by atoms with E-state index in [9.17, 15) is 24.0 Å². The zero-order valence-corrected chi connectivity index (χ0v) is 34.3. The molecule has 9 rings (SSSR count). The fourth-order valence-electron chi connectivity index (χ4n) is 10.8. The van der Waals surface area contributed by atoms with Crippen molar-refractivity contribution in [1.29, 1.82) is 0 Å². The third kappa shape index (κ3) is 6.45. The number of rotatable bonds is 6. The van der Waals surface area contributed by atoms with Crippen LogP contribution in [0, 0.1) is 35.2 Å². The summed E-state index contributed by atoms with van der Waals surface area (Å²) < 4.78 is 6.48. The van der Waals surface area contributed by atoms with Gasteiger partial charge in [-0.2, -0.15) is 0 Å². The van der Waals surface area contributed by atoms with Crippen LogP contribution in [0.3, 0.4) is 0 Å². The van der Waals surface area contributed by atoms with Crippen molar-refractivity contribution in [1.82, 2.24) is 20.0 Å².